The van der Waals surface area contributed by atoms with Crippen molar-refractivity contribution in [3.8, 4) is 5.75 Å². The molecule has 1 unspecified atom stereocenters. The van der Waals surface area contributed by atoms with Gasteiger partial charge in [0.1, 0.15) is 18.5 Å². The zero-order chi connectivity index (χ0) is 24.9. The Kier molecular flexibility index (Phi) is 7.54. The number of aliphatic hydroxyl groups excluding tert-OH is 1. The van der Waals surface area contributed by atoms with Crippen LogP contribution in [0.15, 0.2) is 72.8 Å². The number of hydrogen-bond donors (Lipinski definition) is 1. The molecule has 36 heavy (non-hydrogen) atoms. The molecule has 2 heterocycles. The van der Waals surface area contributed by atoms with Crippen LogP contribution in [0.4, 0.5) is 11.4 Å². The third-order valence-electron chi connectivity index (χ3n) is 7.08. The SMILES string of the molecule is Cc1cccc(N2CCN(CC(O)COc3ccc4c(c3)CCC(=O)N4Cc3ccccc3)CC2)c1. The number of carbonyl (C=O) groups is 1. The molecular weight excluding hydrogens is 450 g/mol. The summed E-state index contributed by atoms with van der Waals surface area (Å²) in [6.45, 7) is 7.32. The Morgan fingerprint density at radius 1 is 0.917 bits per heavy atom. The summed E-state index contributed by atoms with van der Waals surface area (Å²) in [5.41, 5.74) is 5.73. The minimum Gasteiger partial charge on any atom is -0.491 e. The normalized spacial score (nSPS) is 17.1. The van der Waals surface area contributed by atoms with Gasteiger partial charge in [-0.05, 0) is 60.4 Å². The Hall–Kier alpha value is -3.35. The first-order valence-electron chi connectivity index (χ1n) is 12.9. The van der Waals surface area contributed by atoms with E-state index in [0.717, 1.165) is 48.7 Å². The average molecular weight is 486 g/mol. The van der Waals surface area contributed by atoms with Crippen molar-refractivity contribution in [1.29, 1.82) is 0 Å². The lowest BCUT2D eigenvalue weighted by molar-refractivity contribution is -0.119. The van der Waals surface area contributed by atoms with E-state index >= 15 is 0 Å². The first-order chi connectivity index (χ1) is 17.5. The van der Waals surface area contributed by atoms with Gasteiger partial charge in [0.25, 0.3) is 0 Å². The van der Waals surface area contributed by atoms with E-state index in [1.165, 1.54) is 11.3 Å². The van der Waals surface area contributed by atoms with E-state index in [9.17, 15) is 9.90 Å². The minimum absolute atomic E-state index is 0.151. The van der Waals surface area contributed by atoms with Crippen LogP contribution in [0.25, 0.3) is 0 Å². The van der Waals surface area contributed by atoms with E-state index in [1.807, 2.05) is 53.4 Å². The molecule has 0 radical (unpaired) electrons. The highest BCUT2D eigenvalue weighted by Crippen LogP contribution is 2.32. The molecule has 0 spiro atoms. The number of rotatable bonds is 8. The molecule has 1 saturated heterocycles. The molecule has 1 atom stereocenters. The zero-order valence-electron chi connectivity index (χ0n) is 21.0. The number of aliphatic hydroxyl groups is 1. The summed E-state index contributed by atoms with van der Waals surface area (Å²) < 4.78 is 5.97. The monoisotopic (exact) mass is 485 g/mol. The zero-order valence-corrected chi connectivity index (χ0v) is 21.0. The van der Waals surface area contributed by atoms with Gasteiger partial charge < -0.3 is 19.6 Å². The summed E-state index contributed by atoms with van der Waals surface area (Å²) in [7, 11) is 0. The van der Waals surface area contributed by atoms with Gasteiger partial charge in [0, 0.05) is 50.5 Å². The molecule has 2 aliphatic heterocycles. The van der Waals surface area contributed by atoms with Crippen LogP contribution in [0.1, 0.15) is 23.1 Å². The smallest absolute Gasteiger partial charge is 0.227 e. The van der Waals surface area contributed by atoms with Crippen molar-refractivity contribution in [2.45, 2.75) is 32.4 Å². The number of ether oxygens (including phenoxy) is 1. The Bertz CT molecular complexity index is 1180. The molecule has 0 bridgehead atoms. The van der Waals surface area contributed by atoms with Gasteiger partial charge >= 0.3 is 0 Å². The lowest BCUT2D eigenvalue weighted by Gasteiger charge is -2.37. The van der Waals surface area contributed by atoms with E-state index in [2.05, 4.69) is 41.0 Å². The molecule has 1 fully saturated rings. The van der Waals surface area contributed by atoms with Crippen molar-refractivity contribution in [2.24, 2.45) is 0 Å². The van der Waals surface area contributed by atoms with Crippen LogP contribution in [0.3, 0.4) is 0 Å². The molecule has 0 aromatic heterocycles. The van der Waals surface area contributed by atoms with Gasteiger partial charge in [0.05, 0.1) is 6.54 Å². The van der Waals surface area contributed by atoms with Crippen LogP contribution < -0.4 is 14.5 Å². The third-order valence-corrected chi connectivity index (χ3v) is 7.08. The standard InChI is InChI=1S/C30H35N3O3/c1-23-6-5-9-26(18-23)32-16-14-31(15-17-32)21-27(34)22-36-28-11-12-29-25(19-28)10-13-30(35)33(29)20-24-7-3-2-4-8-24/h2-9,11-12,18-19,27,34H,10,13-17,20-22H2,1H3. The second-order valence-electron chi connectivity index (χ2n) is 9.85. The molecule has 3 aromatic rings. The predicted octanol–water partition coefficient (Wildman–Crippen LogP) is 4.04. The highest BCUT2D eigenvalue weighted by molar-refractivity contribution is 5.96. The van der Waals surface area contributed by atoms with Crippen molar-refractivity contribution in [3.63, 3.8) is 0 Å². The van der Waals surface area contributed by atoms with Crippen molar-refractivity contribution >= 4 is 17.3 Å². The number of fused-ring (bicyclic) bond motifs is 1. The Labute approximate surface area is 213 Å². The molecule has 6 nitrogen and oxygen atoms in total. The lowest BCUT2D eigenvalue weighted by Crippen LogP contribution is -2.49. The van der Waals surface area contributed by atoms with Gasteiger partial charge in [-0.3, -0.25) is 9.69 Å². The van der Waals surface area contributed by atoms with Gasteiger partial charge in [-0.15, -0.1) is 0 Å². The van der Waals surface area contributed by atoms with Gasteiger partial charge in [-0.2, -0.15) is 0 Å². The largest absolute Gasteiger partial charge is 0.491 e. The first kappa shape index (κ1) is 24.3. The Balaban J connectivity index is 1.12. The van der Waals surface area contributed by atoms with Crippen LogP contribution in [-0.2, 0) is 17.8 Å². The fraction of sp³-hybridized carbons (Fsp3) is 0.367. The Morgan fingerprint density at radius 3 is 2.50 bits per heavy atom. The number of β-amino-alcohol motifs (C(OH)–C–C–N with tert-alkyl or cyclic N) is 1. The van der Waals surface area contributed by atoms with Gasteiger partial charge in [-0.25, -0.2) is 0 Å². The number of aryl methyl sites for hydroxylation is 2. The van der Waals surface area contributed by atoms with Crippen LogP contribution in [0.2, 0.25) is 0 Å². The fourth-order valence-electron chi connectivity index (χ4n) is 5.12. The van der Waals surface area contributed by atoms with Crippen molar-refractivity contribution in [3.05, 3.63) is 89.5 Å². The molecule has 3 aromatic carbocycles. The molecule has 1 N–H and O–H groups in total. The topological polar surface area (TPSA) is 56.2 Å². The third kappa shape index (κ3) is 5.89. The summed E-state index contributed by atoms with van der Waals surface area (Å²) in [5, 5.41) is 10.6. The number of amides is 1. The Morgan fingerprint density at radius 2 is 1.72 bits per heavy atom. The minimum atomic E-state index is -0.553. The summed E-state index contributed by atoms with van der Waals surface area (Å²) in [5.74, 6) is 0.893. The van der Waals surface area contributed by atoms with Gasteiger partial charge in [-0.1, -0.05) is 42.5 Å². The molecule has 1 amide bonds. The number of carbonyl (C=O) groups excluding carboxylic acids is 1. The average Bonchev–Trinajstić information content (AvgIpc) is 2.90. The quantitative estimate of drug-likeness (QED) is 0.522. The van der Waals surface area contributed by atoms with Crippen molar-refractivity contribution in [2.75, 3.05) is 49.1 Å². The number of benzene rings is 3. The van der Waals surface area contributed by atoms with Crippen LogP contribution in [0.5, 0.6) is 5.75 Å². The molecule has 188 valence electrons. The number of anilines is 2. The maximum atomic E-state index is 12.6. The molecular formula is C30H35N3O3. The second kappa shape index (κ2) is 11.1. The van der Waals surface area contributed by atoms with E-state index in [0.29, 0.717) is 25.9 Å². The van der Waals surface area contributed by atoms with Gasteiger partial charge in [0.2, 0.25) is 5.91 Å². The second-order valence-corrected chi connectivity index (χ2v) is 9.85. The van der Waals surface area contributed by atoms with Gasteiger partial charge in [0.15, 0.2) is 0 Å². The lowest BCUT2D eigenvalue weighted by atomic mass is 10.00. The molecule has 6 heteroatoms. The molecule has 0 saturated carbocycles. The molecule has 0 aliphatic carbocycles. The number of hydrogen-bond acceptors (Lipinski definition) is 5. The summed E-state index contributed by atoms with van der Waals surface area (Å²) >= 11 is 0. The fourth-order valence-corrected chi connectivity index (χ4v) is 5.12. The van der Waals surface area contributed by atoms with E-state index < -0.39 is 6.10 Å². The van der Waals surface area contributed by atoms with Crippen LogP contribution in [-0.4, -0.2) is 61.3 Å². The predicted molar refractivity (Wildman–Crippen MR) is 144 cm³/mol. The van der Waals surface area contributed by atoms with E-state index in [-0.39, 0.29) is 12.5 Å². The summed E-state index contributed by atoms with van der Waals surface area (Å²) in [4.78, 5) is 19.2. The van der Waals surface area contributed by atoms with E-state index in [1.54, 1.807) is 0 Å². The summed E-state index contributed by atoms with van der Waals surface area (Å²) in [6, 6.07) is 24.6. The van der Waals surface area contributed by atoms with Crippen LogP contribution in [0, 0.1) is 6.92 Å². The van der Waals surface area contributed by atoms with E-state index in [4.69, 9.17) is 4.74 Å². The molecule has 2 aliphatic rings. The number of piperazine rings is 1. The highest BCUT2D eigenvalue weighted by atomic mass is 16.5. The number of nitrogens with zero attached hydrogens (tertiary/aromatic N) is 3. The summed E-state index contributed by atoms with van der Waals surface area (Å²) in [6.07, 6.45) is 0.660. The van der Waals surface area contributed by atoms with Crippen molar-refractivity contribution < 1.29 is 14.6 Å². The van der Waals surface area contributed by atoms with Crippen molar-refractivity contribution in [1.82, 2.24) is 4.90 Å². The highest BCUT2D eigenvalue weighted by Gasteiger charge is 2.25. The molecule has 5 rings (SSSR count). The maximum absolute atomic E-state index is 12.6. The van der Waals surface area contributed by atoms with Crippen LogP contribution >= 0.6 is 0 Å². The first-order valence-corrected chi connectivity index (χ1v) is 12.9. The maximum Gasteiger partial charge on any atom is 0.227 e.